The predicted octanol–water partition coefficient (Wildman–Crippen LogP) is 2.61. The van der Waals surface area contributed by atoms with Gasteiger partial charge in [0.2, 0.25) is 10.0 Å². The lowest BCUT2D eigenvalue weighted by molar-refractivity contribution is 0.458. The normalized spacial score (nSPS) is 12.0. The van der Waals surface area contributed by atoms with Crippen molar-refractivity contribution in [2.75, 3.05) is 20.1 Å². The number of rotatable bonds is 9. The molecule has 0 bridgehead atoms. The summed E-state index contributed by atoms with van der Waals surface area (Å²) in [5.74, 6) is 0. The third kappa shape index (κ3) is 4.58. The van der Waals surface area contributed by atoms with Crippen molar-refractivity contribution in [3.05, 3.63) is 29.8 Å². The van der Waals surface area contributed by atoms with Crippen molar-refractivity contribution < 1.29 is 8.42 Å². The van der Waals surface area contributed by atoms with Gasteiger partial charge in [-0.2, -0.15) is 0 Å². The van der Waals surface area contributed by atoms with Crippen LogP contribution in [0.4, 0.5) is 0 Å². The Kier molecular flexibility index (Phi) is 7.19. The minimum absolute atomic E-state index is 0.419. The van der Waals surface area contributed by atoms with Crippen molar-refractivity contribution in [3.63, 3.8) is 0 Å². The molecular formula is C15H26N2O2S. The van der Waals surface area contributed by atoms with Crippen LogP contribution in [0, 0.1) is 0 Å². The highest BCUT2D eigenvalue weighted by atomic mass is 32.2. The molecule has 0 spiro atoms. The van der Waals surface area contributed by atoms with Crippen molar-refractivity contribution in [1.29, 1.82) is 0 Å². The van der Waals surface area contributed by atoms with Crippen LogP contribution in [0.2, 0.25) is 0 Å². The second kappa shape index (κ2) is 8.39. The summed E-state index contributed by atoms with van der Waals surface area (Å²) in [4.78, 5) is 0.419. The molecule has 1 N–H and O–H groups in total. The molecule has 0 aliphatic carbocycles. The highest BCUT2D eigenvalue weighted by molar-refractivity contribution is 7.89. The maximum atomic E-state index is 12.6. The first-order valence-electron chi connectivity index (χ1n) is 7.29. The van der Waals surface area contributed by atoms with E-state index in [9.17, 15) is 8.42 Å². The molecule has 20 heavy (non-hydrogen) atoms. The molecule has 0 aliphatic rings. The zero-order chi connectivity index (χ0) is 15.0. The molecular weight excluding hydrogens is 272 g/mol. The lowest BCUT2D eigenvalue weighted by Gasteiger charge is -2.19. The smallest absolute Gasteiger partial charge is 0.243 e. The van der Waals surface area contributed by atoms with Crippen LogP contribution in [0.5, 0.6) is 0 Å². The topological polar surface area (TPSA) is 49.4 Å². The number of nitrogens with one attached hydrogen (secondary N) is 1. The first-order valence-corrected chi connectivity index (χ1v) is 8.73. The fraction of sp³-hybridized carbons (Fsp3) is 0.600. The van der Waals surface area contributed by atoms with Gasteiger partial charge in [0.1, 0.15) is 0 Å². The van der Waals surface area contributed by atoms with Crippen LogP contribution in [0.3, 0.4) is 0 Å². The van der Waals surface area contributed by atoms with E-state index in [1.807, 2.05) is 12.1 Å². The highest BCUT2D eigenvalue weighted by Gasteiger charge is 2.22. The molecule has 0 saturated heterocycles. The molecule has 0 unspecified atom stereocenters. The summed E-state index contributed by atoms with van der Waals surface area (Å²) < 4.78 is 26.6. The van der Waals surface area contributed by atoms with Gasteiger partial charge < -0.3 is 5.32 Å². The van der Waals surface area contributed by atoms with E-state index in [2.05, 4.69) is 19.2 Å². The number of benzene rings is 1. The standard InChI is InChI=1S/C15H26N2O2S/c1-4-6-12-17(3)20(18,19)15-10-8-7-9-14(15)13-16-11-5-2/h7-10,16H,4-6,11-13H2,1-3H3. The molecule has 1 rings (SSSR count). The molecule has 0 amide bonds. The summed E-state index contributed by atoms with van der Waals surface area (Å²) in [6, 6.07) is 7.24. The van der Waals surface area contributed by atoms with E-state index < -0.39 is 10.0 Å². The number of hydrogen-bond acceptors (Lipinski definition) is 3. The number of nitrogens with zero attached hydrogens (tertiary/aromatic N) is 1. The minimum atomic E-state index is -3.39. The number of sulfonamides is 1. The average molecular weight is 298 g/mol. The summed E-state index contributed by atoms with van der Waals surface area (Å²) in [5, 5.41) is 3.26. The summed E-state index contributed by atoms with van der Waals surface area (Å²) >= 11 is 0. The fourth-order valence-electron chi connectivity index (χ4n) is 1.97. The van der Waals surface area contributed by atoms with Gasteiger partial charge in [0, 0.05) is 20.1 Å². The number of hydrogen-bond donors (Lipinski definition) is 1. The molecule has 0 heterocycles. The monoisotopic (exact) mass is 298 g/mol. The Morgan fingerprint density at radius 3 is 2.50 bits per heavy atom. The maximum absolute atomic E-state index is 12.6. The predicted molar refractivity (Wildman–Crippen MR) is 83.2 cm³/mol. The fourth-order valence-corrected chi connectivity index (χ4v) is 3.40. The quantitative estimate of drug-likeness (QED) is 0.713. The third-order valence-electron chi connectivity index (χ3n) is 3.23. The van der Waals surface area contributed by atoms with E-state index in [1.165, 1.54) is 4.31 Å². The Labute approximate surface area is 123 Å². The van der Waals surface area contributed by atoms with Crippen LogP contribution in [0.15, 0.2) is 29.2 Å². The minimum Gasteiger partial charge on any atom is -0.313 e. The summed E-state index contributed by atoms with van der Waals surface area (Å²) in [7, 11) is -1.73. The van der Waals surface area contributed by atoms with Gasteiger partial charge in [0.15, 0.2) is 0 Å². The SMILES string of the molecule is CCCCN(C)S(=O)(=O)c1ccccc1CNCCC. The second-order valence-corrected chi connectivity index (χ2v) is 6.98. The molecule has 114 valence electrons. The van der Waals surface area contributed by atoms with Crippen molar-refractivity contribution in [2.24, 2.45) is 0 Å². The largest absolute Gasteiger partial charge is 0.313 e. The van der Waals surface area contributed by atoms with Gasteiger partial charge in [0.05, 0.1) is 4.90 Å². The lowest BCUT2D eigenvalue weighted by Crippen LogP contribution is -2.29. The van der Waals surface area contributed by atoms with Crippen LogP contribution in [-0.2, 0) is 16.6 Å². The van der Waals surface area contributed by atoms with E-state index in [4.69, 9.17) is 0 Å². The molecule has 0 aromatic heterocycles. The summed E-state index contributed by atoms with van der Waals surface area (Å²) in [6.45, 7) is 6.19. The van der Waals surface area contributed by atoms with Crippen LogP contribution >= 0.6 is 0 Å². The van der Waals surface area contributed by atoms with Gasteiger partial charge in [0.25, 0.3) is 0 Å². The zero-order valence-corrected chi connectivity index (χ0v) is 13.5. The van der Waals surface area contributed by atoms with Crippen molar-refractivity contribution >= 4 is 10.0 Å². The molecule has 1 aromatic rings. The van der Waals surface area contributed by atoms with Crippen molar-refractivity contribution in [2.45, 2.75) is 44.6 Å². The molecule has 0 radical (unpaired) electrons. The van der Waals surface area contributed by atoms with Crippen molar-refractivity contribution in [3.8, 4) is 0 Å². The third-order valence-corrected chi connectivity index (χ3v) is 5.19. The van der Waals surface area contributed by atoms with Crippen LogP contribution in [-0.4, -0.2) is 32.9 Å². The maximum Gasteiger partial charge on any atom is 0.243 e. The molecule has 1 aromatic carbocycles. The van der Waals surface area contributed by atoms with Crippen LogP contribution < -0.4 is 5.32 Å². The highest BCUT2D eigenvalue weighted by Crippen LogP contribution is 2.19. The first-order chi connectivity index (χ1) is 9.54. The Hall–Kier alpha value is -0.910. The van der Waals surface area contributed by atoms with Gasteiger partial charge in [-0.15, -0.1) is 0 Å². The Morgan fingerprint density at radius 1 is 1.15 bits per heavy atom. The van der Waals surface area contributed by atoms with Gasteiger partial charge >= 0.3 is 0 Å². The Balaban J connectivity index is 2.93. The van der Waals surface area contributed by atoms with E-state index in [-0.39, 0.29) is 0 Å². The van der Waals surface area contributed by atoms with E-state index >= 15 is 0 Å². The lowest BCUT2D eigenvalue weighted by atomic mass is 10.2. The van der Waals surface area contributed by atoms with E-state index in [0.29, 0.717) is 18.0 Å². The van der Waals surface area contributed by atoms with Gasteiger partial charge in [-0.3, -0.25) is 0 Å². The van der Waals surface area contributed by atoms with Crippen molar-refractivity contribution in [1.82, 2.24) is 9.62 Å². The van der Waals surface area contributed by atoms with E-state index in [1.54, 1.807) is 19.2 Å². The Bertz CT molecular complexity index is 500. The Morgan fingerprint density at radius 2 is 1.85 bits per heavy atom. The van der Waals surface area contributed by atoms with E-state index in [0.717, 1.165) is 31.4 Å². The van der Waals surface area contributed by atoms with Crippen LogP contribution in [0.1, 0.15) is 38.7 Å². The average Bonchev–Trinajstić information content (AvgIpc) is 2.45. The van der Waals surface area contributed by atoms with Gasteiger partial charge in [-0.05, 0) is 31.0 Å². The van der Waals surface area contributed by atoms with Crippen LogP contribution in [0.25, 0.3) is 0 Å². The summed E-state index contributed by atoms with van der Waals surface area (Å²) in [5.41, 5.74) is 0.837. The van der Waals surface area contributed by atoms with Gasteiger partial charge in [-0.1, -0.05) is 38.5 Å². The molecule has 4 nitrogen and oxygen atoms in total. The molecule has 0 saturated carbocycles. The molecule has 0 aliphatic heterocycles. The first kappa shape index (κ1) is 17.1. The van der Waals surface area contributed by atoms with Gasteiger partial charge in [-0.25, -0.2) is 12.7 Å². The molecule has 0 fully saturated rings. The summed E-state index contributed by atoms with van der Waals surface area (Å²) in [6.07, 6.45) is 2.90. The number of unbranched alkanes of at least 4 members (excludes halogenated alkanes) is 1. The second-order valence-electron chi connectivity index (χ2n) is 4.96. The molecule has 0 atom stereocenters. The molecule has 5 heteroatoms. The zero-order valence-electron chi connectivity index (χ0n) is 12.7.